The fourth-order valence-electron chi connectivity index (χ4n) is 2.40. The van der Waals surface area contributed by atoms with Gasteiger partial charge in [0.25, 0.3) is 5.91 Å². The minimum absolute atomic E-state index is 0.284. The van der Waals surface area contributed by atoms with Crippen molar-refractivity contribution in [2.24, 2.45) is 0 Å². The molecule has 0 aliphatic rings. The van der Waals surface area contributed by atoms with E-state index in [1.807, 2.05) is 55.5 Å². The minimum Gasteiger partial charge on any atom is -0.496 e. The number of nitrogens with zero attached hydrogens (tertiary/aromatic N) is 1. The van der Waals surface area contributed by atoms with E-state index >= 15 is 0 Å². The van der Waals surface area contributed by atoms with E-state index in [0.29, 0.717) is 12.3 Å². The highest BCUT2D eigenvalue weighted by molar-refractivity contribution is 5.89. The number of methoxy groups -OCH3 is 1. The monoisotopic (exact) mass is 353 g/mol. The third kappa shape index (κ3) is 5.48. The van der Waals surface area contributed by atoms with Gasteiger partial charge in [-0.25, -0.2) is 4.79 Å². The molecule has 0 aliphatic heterocycles. The molecule has 1 amide bonds. The molecule has 0 heterocycles. The number of benzene rings is 2. The zero-order chi connectivity index (χ0) is 18.9. The second kappa shape index (κ2) is 9.42. The van der Waals surface area contributed by atoms with Gasteiger partial charge in [0.15, 0.2) is 6.61 Å². The summed E-state index contributed by atoms with van der Waals surface area (Å²) in [6, 6.07) is 15.2. The van der Waals surface area contributed by atoms with Crippen LogP contribution in [0.3, 0.4) is 0 Å². The van der Waals surface area contributed by atoms with Crippen LogP contribution in [0, 0.1) is 6.92 Å². The first-order valence-corrected chi connectivity index (χ1v) is 8.27. The molecular weight excluding hydrogens is 330 g/mol. The summed E-state index contributed by atoms with van der Waals surface area (Å²) in [4.78, 5) is 25.5. The first kappa shape index (κ1) is 19.2. The SMILES string of the molecule is COc1ccccc1CN(C)C(=O)COC(=O)/C=C/c1ccccc1C. The number of carbonyl (C=O) groups excluding carboxylic acids is 2. The Hall–Kier alpha value is -3.08. The molecule has 0 bridgehead atoms. The van der Waals surface area contributed by atoms with E-state index in [-0.39, 0.29) is 12.5 Å². The summed E-state index contributed by atoms with van der Waals surface area (Å²) in [5.74, 6) is -0.119. The molecule has 136 valence electrons. The molecule has 0 N–H and O–H groups in total. The van der Waals surface area contributed by atoms with Crippen LogP contribution in [0.1, 0.15) is 16.7 Å². The lowest BCUT2D eigenvalue weighted by atomic mass is 10.1. The van der Waals surface area contributed by atoms with Crippen molar-refractivity contribution in [3.63, 3.8) is 0 Å². The highest BCUT2D eigenvalue weighted by Crippen LogP contribution is 2.18. The maximum atomic E-state index is 12.2. The van der Waals surface area contributed by atoms with Gasteiger partial charge in [-0.2, -0.15) is 0 Å². The average Bonchev–Trinajstić information content (AvgIpc) is 2.65. The highest BCUT2D eigenvalue weighted by Gasteiger charge is 2.13. The van der Waals surface area contributed by atoms with E-state index in [0.717, 1.165) is 16.7 Å². The fourth-order valence-corrected chi connectivity index (χ4v) is 2.40. The van der Waals surface area contributed by atoms with E-state index in [1.165, 1.54) is 11.0 Å². The van der Waals surface area contributed by atoms with E-state index in [4.69, 9.17) is 9.47 Å². The van der Waals surface area contributed by atoms with Gasteiger partial charge in [-0.1, -0.05) is 42.5 Å². The lowest BCUT2D eigenvalue weighted by molar-refractivity contribution is -0.147. The van der Waals surface area contributed by atoms with Crippen LogP contribution in [0.4, 0.5) is 0 Å². The number of ether oxygens (including phenoxy) is 2. The molecule has 0 saturated heterocycles. The first-order valence-electron chi connectivity index (χ1n) is 8.27. The summed E-state index contributed by atoms with van der Waals surface area (Å²) in [5.41, 5.74) is 2.88. The molecule has 26 heavy (non-hydrogen) atoms. The fraction of sp³-hybridized carbons (Fsp3) is 0.238. The number of amides is 1. The van der Waals surface area contributed by atoms with Crippen molar-refractivity contribution in [2.75, 3.05) is 20.8 Å². The molecule has 0 radical (unpaired) electrons. The number of likely N-dealkylation sites (N-methyl/N-ethyl adjacent to an activating group) is 1. The Morgan fingerprint density at radius 1 is 1.08 bits per heavy atom. The van der Waals surface area contributed by atoms with E-state index < -0.39 is 5.97 Å². The Morgan fingerprint density at radius 3 is 2.50 bits per heavy atom. The third-order valence-electron chi connectivity index (χ3n) is 3.95. The summed E-state index contributed by atoms with van der Waals surface area (Å²) in [7, 11) is 3.25. The van der Waals surface area contributed by atoms with Gasteiger partial charge in [0, 0.05) is 25.2 Å². The van der Waals surface area contributed by atoms with Crippen LogP contribution < -0.4 is 4.74 Å². The zero-order valence-corrected chi connectivity index (χ0v) is 15.3. The Kier molecular flexibility index (Phi) is 6.97. The lowest BCUT2D eigenvalue weighted by Crippen LogP contribution is -2.30. The van der Waals surface area contributed by atoms with Crippen LogP contribution in [0.5, 0.6) is 5.75 Å². The molecule has 0 atom stereocenters. The smallest absolute Gasteiger partial charge is 0.331 e. The molecule has 0 aromatic heterocycles. The molecular formula is C21H23NO4. The molecule has 0 saturated carbocycles. The molecule has 5 heteroatoms. The maximum Gasteiger partial charge on any atom is 0.331 e. The van der Waals surface area contributed by atoms with Crippen LogP contribution >= 0.6 is 0 Å². The average molecular weight is 353 g/mol. The molecule has 0 aliphatic carbocycles. The van der Waals surface area contributed by atoms with Gasteiger partial charge in [0.05, 0.1) is 7.11 Å². The van der Waals surface area contributed by atoms with Gasteiger partial charge in [-0.05, 0) is 30.2 Å². The van der Waals surface area contributed by atoms with Crippen molar-refractivity contribution in [3.05, 3.63) is 71.3 Å². The Bertz CT molecular complexity index is 798. The van der Waals surface area contributed by atoms with Gasteiger partial charge >= 0.3 is 5.97 Å². The molecule has 0 spiro atoms. The number of hydrogen-bond acceptors (Lipinski definition) is 4. The second-order valence-corrected chi connectivity index (χ2v) is 5.86. The molecule has 0 fully saturated rings. The van der Waals surface area contributed by atoms with Crippen LogP contribution in [0.15, 0.2) is 54.6 Å². The van der Waals surface area contributed by atoms with Crippen LogP contribution in [0.2, 0.25) is 0 Å². The number of carbonyl (C=O) groups is 2. The molecule has 2 aromatic rings. The molecule has 0 unspecified atom stereocenters. The lowest BCUT2D eigenvalue weighted by Gasteiger charge is -2.18. The maximum absolute atomic E-state index is 12.2. The van der Waals surface area contributed by atoms with Crippen LogP contribution in [0.25, 0.3) is 6.08 Å². The Balaban J connectivity index is 1.85. The molecule has 2 aromatic carbocycles. The number of hydrogen-bond donors (Lipinski definition) is 0. The quantitative estimate of drug-likeness (QED) is 0.566. The summed E-state index contributed by atoms with van der Waals surface area (Å²) in [6.07, 6.45) is 3.01. The summed E-state index contributed by atoms with van der Waals surface area (Å²) in [6.45, 7) is 2.03. The second-order valence-electron chi connectivity index (χ2n) is 5.86. The highest BCUT2D eigenvalue weighted by atomic mass is 16.5. The summed E-state index contributed by atoms with van der Waals surface area (Å²) < 4.78 is 10.3. The first-order chi connectivity index (χ1) is 12.5. The van der Waals surface area contributed by atoms with Crippen LogP contribution in [-0.4, -0.2) is 37.5 Å². The predicted molar refractivity (Wildman–Crippen MR) is 101 cm³/mol. The van der Waals surface area contributed by atoms with E-state index in [2.05, 4.69) is 0 Å². The number of esters is 1. The molecule has 5 nitrogen and oxygen atoms in total. The van der Waals surface area contributed by atoms with Crippen molar-refractivity contribution < 1.29 is 19.1 Å². The normalized spacial score (nSPS) is 10.6. The van der Waals surface area contributed by atoms with Gasteiger partial charge in [0.1, 0.15) is 5.75 Å². The van der Waals surface area contributed by atoms with Crippen LogP contribution in [-0.2, 0) is 20.9 Å². The number of rotatable bonds is 7. The predicted octanol–water partition coefficient (Wildman–Crippen LogP) is 3.22. The number of para-hydroxylation sites is 1. The minimum atomic E-state index is -0.549. The van der Waals surface area contributed by atoms with Crippen molar-refractivity contribution in [1.29, 1.82) is 0 Å². The zero-order valence-electron chi connectivity index (χ0n) is 15.3. The largest absolute Gasteiger partial charge is 0.496 e. The molecule has 2 rings (SSSR count). The summed E-state index contributed by atoms with van der Waals surface area (Å²) >= 11 is 0. The van der Waals surface area contributed by atoms with Gasteiger partial charge in [-0.3, -0.25) is 4.79 Å². The van der Waals surface area contributed by atoms with E-state index in [9.17, 15) is 9.59 Å². The van der Waals surface area contributed by atoms with Gasteiger partial charge in [-0.15, -0.1) is 0 Å². The van der Waals surface area contributed by atoms with Crippen molar-refractivity contribution >= 4 is 18.0 Å². The van der Waals surface area contributed by atoms with E-state index in [1.54, 1.807) is 20.2 Å². The van der Waals surface area contributed by atoms with Crippen molar-refractivity contribution in [3.8, 4) is 5.75 Å². The Labute approximate surface area is 153 Å². The van der Waals surface area contributed by atoms with Gasteiger partial charge in [0.2, 0.25) is 0 Å². The Morgan fingerprint density at radius 2 is 1.77 bits per heavy atom. The van der Waals surface area contributed by atoms with Gasteiger partial charge < -0.3 is 14.4 Å². The third-order valence-corrected chi connectivity index (χ3v) is 3.95. The van der Waals surface area contributed by atoms with Crippen molar-refractivity contribution in [2.45, 2.75) is 13.5 Å². The topological polar surface area (TPSA) is 55.8 Å². The number of aryl methyl sites for hydroxylation is 1. The standard InChI is InChI=1S/C21H23NO4/c1-16-8-4-5-9-17(16)12-13-21(24)26-15-20(23)22(2)14-18-10-6-7-11-19(18)25-3/h4-13H,14-15H2,1-3H3/b13-12+. The van der Waals surface area contributed by atoms with Crippen molar-refractivity contribution in [1.82, 2.24) is 4.90 Å². The summed E-state index contributed by atoms with van der Waals surface area (Å²) in [5, 5.41) is 0.